The number of halogens is 1. The number of aromatic nitrogens is 1. The molecule has 0 amide bonds. The summed E-state index contributed by atoms with van der Waals surface area (Å²) in [4.78, 5) is 3.97. The molecule has 0 aromatic carbocycles. The molecular weight excluding hydrogens is 294 g/mol. The van der Waals surface area contributed by atoms with Crippen molar-refractivity contribution in [3.05, 3.63) is 22.9 Å². The van der Waals surface area contributed by atoms with Crippen molar-refractivity contribution in [3.63, 3.8) is 0 Å². The summed E-state index contributed by atoms with van der Waals surface area (Å²) in [5.41, 5.74) is 0. The van der Waals surface area contributed by atoms with Crippen molar-refractivity contribution in [3.8, 4) is 5.75 Å². The molecule has 16 heavy (non-hydrogen) atoms. The summed E-state index contributed by atoms with van der Waals surface area (Å²) in [5.74, 6) is 0.821. The van der Waals surface area contributed by atoms with Crippen molar-refractivity contribution in [1.29, 1.82) is 0 Å². The SMILES string of the molecule is CCCS(=O)(=O)CCOc1cccnc1Br. The van der Waals surface area contributed by atoms with E-state index in [-0.39, 0.29) is 18.1 Å². The molecule has 0 atom stereocenters. The van der Waals surface area contributed by atoms with Gasteiger partial charge in [0.25, 0.3) is 0 Å². The van der Waals surface area contributed by atoms with Gasteiger partial charge in [-0.15, -0.1) is 0 Å². The molecule has 0 radical (unpaired) electrons. The van der Waals surface area contributed by atoms with Crippen LogP contribution in [0.4, 0.5) is 0 Å². The summed E-state index contributed by atoms with van der Waals surface area (Å²) in [7, 11) is -2.98. The van der Waals surface area contributed by atoms with E-state index >= 15 is 0 Å². The Hall–Kier alpha value is -0.620. The zero-order valence-electron chi connectivity index (χ0n) is 9.02. The lowest BCUT2D eigenvalue weighted by Crippen LogP contribution is -2.16. The molecule has 0 aliphatic heterocycles. The maximum atomic E-state index is 11.4. The van der Waals surface area contributed by atoms with Gasteiger partial charge in [0.2, 0.25) is 0 Å². The van der Waals surface area contributed by atoms with Gasteiger partial charge >= 0.3 is 0 Å². The summed E-state index contributed by atoms with van der Waals surface area (Å²) in [6.45, 7) is 2.00. The molecule has 1 aromatic heterocycles. The molecule has 0 aliphatic rings. The van der Waals surface area contributed by atoms with Gasteiger partial charge in [0.1, 0.15) is 11.2 Å². The van der Waals surface area contributed by atoms with Crippen molar-refractivity contribution >= 4 is 25.8 Å². The van der Waals surface area contributed by atoms with Gasteiger partial charge < -0.3 is 4.74 Å². The van der Waals surface area contributed by atoms with E-state index in [1.54, 1.807) is 18.3 Å². The van der Waals surface area contributed by atoms with Gasteiger partial charge in [0.05, 0.1) is 11.5 Å². The van der Waals surface area contributed by atoms with Crippen LogP contribution in [0.15, 0.2) is 22.9 Å². The largest absolute Gasteiger partial charge is 0.490 e. The molecule has 90 valence electrons. The van der Waals surface area contributed by atoms with E-state index in [2.05, 4.69) is 20.9 Å². The lowest BCUT2D eigenvalue weighted by molar-refractivity contribution is 0.337. The van der Waals surface area contributed by atoms with E-state index < -0.39 is 9.84 Å². The molecule has 0 bridgehead atoms. The molecule has 0 unspecified atom stereocenters. The zero-order chi connectivity index (χ0) is 12.0. The van der Waals surface area contributed by atoms with Crippen LogP contribution in [0.25, 0.3) is 0 Å². The molecule has 0 N–H and O–H groups in total. The molecule has 0 saturated carbocycles. The number of pyridine rings is 1. The highest BCUT2D eigenvalue weighted by Gasteiger charge is 2.10. The summed E-state index contributed by atoms with van der Waals surface area (Å²) in [6, 6.07) is 3.48. The molecule has 1 heterocycles. The Labute approximate surface area is 104 Å². The van der Waals surface area contributed by atoms with E-state index in [1.165, 1.54) is 0 Å². The Kier molecular flexibility index (Phi) is 5.21. The minimum atomic E-state index is -2.98. The molecule has 0 fully saturated rings. The second kappa shape index (κ2) is 6.20. The third-order valence-corrected chi connectivity index (χ3v) is 4.31. The molecule has 0 spiro atoms. The lowest BCUT2D eigenvalue weighted by Gasteiger charge is -2.07. The minimum absolute atomic E-state index is 0.0438. The smallest absolute Gasteiger partial charge is 0.153 e. The second-order valence-electron chi connectivity index (χ2n) is 3.29. The highest BCUT2D eigenvalue weighted by Crippen LogP contribution is 2.20. The molecular formula is C10H14BrNO3S. The Balaban J connectivity index is 2.45. The van der Waals surface area contributed by atoms with E-state index in [4.69, 9.17) is 4.74 Å². The van der Waals surface area contributed by atoms with Gasteiger partial charge in [0, 0.05) is 6.20 Å². The van der Waals surface area contributed by atoms with Crippen LogP contribution < -0.4 is 4.74 Å². The van der Waals surface area contributed by atoms with Crippen LogP contribution >= 0.6 is 15.9 Å². The first kappa shape index (κ1) is 13.4. The highest BCUT2D eigenvalue weighted by molar-refractivity contribution is 9.10. The molecule has 4 nitrogen and oxygen atoms in total. The normalized spacial score (nSPS) is 11.4. The average Bonchev–Trinajstić information content (AvgIpc) is 2.20. The van der Waals surface area contributed by atoms with Crippen LogP contribution in [0, 0.1) is 0 Å². The van der Waals surface area contributed by atoms with Crippen molar-refractivity contribution in [2.75, 3.05) is 18.1 Å². The molecule has 0 aliphatic carbocycles. The van der Waals surface area contributed by atoms with Crippen molar-refractivity contribution in [2.45, 2.75) is 13.3 Å². The second-order valence-corrected chi connectivity index (χ2v) is 6.35. The van der Waals surface area contributed by atoms with Crippen molar-refractivity contribution in [1.82, 2.24) is 4.98 Å². The molecule has 0 saturated heterocycles. The number of ether oxygens (including phenoxy) is 1. The number of sulfone groups is 1. The quantitative estimate of drug-likeness (QED) is 0.755. The van der Waals surface area contributed by atoms with Gasteiger partial charge in [-0.05, 0) is 34.5 Å². The Morgan fingerprint density at radius 2 is 2.19 bits per heavy atom. The van der Waals surface area contributed by atoms with Crippen molar-refractivity contribution in [2.24, 2.45) is 0 Å². The van der Waals surface area contributed by atoms with Crippen LogP contribution in [0.1, 0.15) is 13.3 Å². The maximum absolute atomic E-state index is 11.4. The number of rotatable bonds is 6. The van der Waals surface area contributed by atoms with Gasteiger partial charge in [-0.1, -0.05) is 6.92 Å². The molecule has 6 heteroatoms. The Morgan fingerprint density at radius 1 is 1.44 bits per heavy atom. The first-order valence-electron chi connectivity index (χ1n) is 4.99. The predicted octanol–water partition coefficient (Wildman–Crippen LogP) is 2.05. The first-order valence-corrected chi connectivity index (χ1v) is 7.60. The summed E-state index contributed by atoms with van der Waals surface area (Å²) in [6.07, 6.45) is 2.27. The van der Waals surface area contributed by atoms with Gasteiger partial charge in [-0.25, -0.2) is 13.4 Å². The van der Waals surface area contributed by atoms with Gasteiger partial charge in [-0.2, -0.15) is 0 Å². The highest BCUT2D eigenvalue weighted by atomic mass is 79.9. The topological polar surface area (TPSA) is 56.3 Å². The van der Waals surface area contributed by atoms with Crippen LogP contribution in [0.2, 0.25) is 0 Å². The van der Waals surface area contributed by atoms with Crippen molar-refractivity contribution < 1.29 is 13.2 Å². The summed E-state index contributed by atoms with van der Waals surface area (Å²) in [5, 5.41) is 0. The van der Waals surface area contributed by atoms with E-state index in [0.717, 1.165) is 0 Å². The fourth-order valence-electron chi connectivity index (χ4n) is 1.17. The number of nitrogens with zero attached hydrogens (tertiary/aromatic N) is 1. The fourth-order valence-corrected chi connectivity index (χ4v) is 2.70. The predicted molar refractivity (Wildman–Crippen MR) is 66.4 cm³/mol. The molecule has 1 rings (SSSR count). The standard InChI is InChI=1S/C10H14BrNO3S/c1-2-7-16(13,14)8-6-15-9-4-3-5-12-10(9)11/h3-5H,2,6-8H2,1H3. The van der Waals surface area contributed by atoms with Gasteiger partial charge in [-0.3, -0.25) is 0 Å². The third-order valence-electron chi connectivity index (χ3n) is 1.89. The van der Waals surface area contributed by atoms with Crippen LogP contribution in [0.5, 0.6) is 5.75 Å². The zero-order valence-corrected chi connectivity index (χ0v) is 11.4. The van der Waals surface area contributed by atoms with E-state index in [1.807, 2.05) is 6.92 Å². The number of hydrogen-bond donors (Lipinski definition) is 0. The summed E-state index contributed by atoms with van der Waals surface area (Å²) < 4.78 is 28.7. The van der Waals surface area contributed by atoms with Crippen LogP contribution in [-0.2, 0) is 9.84 Å². The Bertz CT molecular complexity index is 433. The third kappa shape index (κ3) is 4.49. The van der Waals surface area contributed by atoms with E-state index in [0.29, 0.717) is 16.8 Å². The minimum Gasteiger partial charge on any atom is -0.490 e. The number of hydrogen-bond acceptors (Lipinski definition) is 4. The van der Waals surface area contributed by atoms with E-state index in [9.17, 15) is 8.42 Å². The Morgan fingerprint density at radius 3 is 2.81 bits per heavy atom. The monoisotopic (exact) mass is 307 g/mol. The van der Waals surface area contributed by atoms with Crippen LogP contribution in [0.3, 0.4) is 0 Å². The first-order chi connectivity index (χ1) is 7.55. The summed E-state index contributed by atoms with van der Waals surface area (Å²) >= 11 is 3.22. The van der Waals surface area contributed by atoms with Crippen LogP contribution in [-0.4, -0.2) is 31.5 Å². The van der Waals surface area contributed by atoms with Gasteiger partial charge in [0.15, 0.2) is 15.6 Å². The average molecular weight is 308 g/mol. The lowest BCUT2D eigenvalue weighted by atomic mass is 10.5. The molecule has 1 aromatic rings. The maximum Gasteiger partial charge on any atom is 0.153 e. The fraction of sp³-hybridized carbons (Fsp3) is 0.500.